The maximum Gasteiger partial charge on any atom is 0.123 e. The monoisotopic (exact) mass is 402 g/mol. The molecule has 0 saturated carbocycles. The fraction of sp³-hybridized carbons (Fsp3) is 0.250. The normalized spacial score (nSPS) is 11.6. The fourth-order valence-corrected chi connectivity index (χ4v) is 4.22. The van der Waals surface area contributed by atoms with Crippen LogP contribution in [0.15, 0.2) is 48.5 Å². The number of alkyl halides is 2. The van der Waals surface area contributed by atoms with Gasteiger partial charge < -0.3 is 0 Å². The summed E-state index contributed by atoms with van der Waals surface area (Å²) in [6.07, 6.45) is 0.630. The summed E-state index contributed by atoms with van der Waals surface area (Å²) in [6, 6.07) is 13.1. The second-order valence-corrected chi connectivity index (χ2v) is 5.99. The van der Waals surface area contributed by atoms with E-state index in [1.807, 2.05) is 12.1 Å². The van der Waals surface area contributed by atoms with Gasteiger partial charge in [-0.1, -0.05) is 56.1 Å². The van der Waals surface area contributed by atoms with Crippen molar-refractivity contribution < 1.29 is 8.78 Å². The van der Waals surface area contributed by atoms with Crippen LogP contribution in [0.1, 0.15) is 11.1 Å². The Morgan fingerprint density at radius 2 is 1.45 bits per heavy atom. The first-order chi connectivity index (χ1) is 9.59. The number of hydrogen-bond donors (Lipinski definition) is 0. The lowest BCUT2D eigenvalue weighted by atomic mass is 9.79. The van der Waals surface area contributed by atoms with E-state index in [0.29, 0.717) is 17.1 Å². The average Bonchev–Trinajstić information content (AvgIpc) is 2.45. The third kappa shape index (κ3) is 3.47. The van der Waals surface area contributed by atoms with E-state index in [0.717, 1.165) is 11.1 Å². The van der Waals surface area contributed by atoms with Crippen molar-refractivity contribution in [1.82, 2.24) is 0 Å². The first-order valence-electron chi connectivity index (χ1n) is 6.22. The molecular formula is C16H14Br2F2. The molecular weight excluding hydrogens is 390 g/mol. The van der Waals surface area contributed by atoms with Crippen molar-refractivity contribution in [3.8, 4) is 0 Å². The minimum Gasteiger partial charge on any atom is -0.207 e. The third-order valence-corrected chi connectivity index (χ3v) is 5.53. The molecule has 0 aromatic heterocycles. The average molecular weight is 404 g/mol. The maximum atomic E-state index is 13.5. The number of halogens is 4. The van der Waals surface area contributed by atoms with E-state index in [1.54, 1.807) is 18.2 Å². The van der Waals surface area contributed by atoms with Crippen LogP contribution in [0.4, 0.5) is 8.78 Å². The second kappa shape index (κ2) is 6.81. The van der Waals surface area contributed by atoms with Gasteiger partial charge in [-0.05, 0) is 41.8 Å². The van der Waals surface area contributed by atoms with Gasteiger partial charge in [0, 0.05) is 16.1 Å². The van der Waals surface area contributed by atoms with Crippen molar-refractivity contribution in [3.63, 3.8) is 0 Å². The Balaban J connectivity index is 2.39. The van der Waals surface area contributed by atoms with E-state index in [2.05, 4.69) is 31.9 Å². The largest absolute Gasteiger partial charge is 0.207 e. The lowest BCUT2D eigenvalue weighted by molar-refractivity contribution is 0.538. The van der Waals surface area contributed by atoms with E-state index in [4.69, 9.17) is 0 Å². The zero-order chi connectivity index (χ0) is 14.6. The topological polar surface area (TPSA) is 0 Å². The third-order valence-electron chi connectivity index (χ3n) is 3.38. The summed E-state index contributed by atoms with van der Waals surface area (Å²) in [7, 11) is 0. The van der Waals surface area contributed by atoms with Crippen LogP contribution in [-0.2, 0) is 11.8 Å². The van der Waals surface area contributed by atoms with Crippen molar-refractivity contribution in [2.24, 2.45) is 0 Å². The van der Waals surface area contributed by atoms with Crippen LogP contribution in [0, 0.1) is 11.6 Å². The van der Waals surface area contributed by atoms with Crippen molar-refractivity contribution >= 4 is 31.9 Å². The molecule has 0 fully saturated rings. The van der Waals surface area contributed by atoms with Gasteiger partial charge in [-0.25, -0.2) is 8.78 Å². The van der Waals surface area contributed by atoms with Gasteiger partial charge in [0.05, 0.1) is 0 Å². The van der Waals surface area contributed by atoms with Crippen molar-refractivity contribution in [2.45, 2.75) is 11.8 Å². The van der Waals surface area contributed by atoms with Gasteiger partial charge in [0.2, 0.25) is 0 Å². The lowest BCUT2D eigenvalue weighted by Gasteiger charge is -2.31. The van der Waals surface area contributed by atoms with Crippen molar-refractivity contribution in [1.29, 1.82) is 0 Å². The van der Waals surface area contributed by atoms with Crippen LogP contribution in [-0.4, -0.2) is 10.7 Å². The minimum atomic E-state index is -0.310. The Bertz CT molecular complexity index is 580. The predicted molar refractivity (Wildman–Crippen MR) is 85.8 cm³/mol. The van der Waals surface area contributed by atoms with Crippen LogP contribution in [0.25, 0.3) is 0 Å². The lowest BCUT2D eigenvalue weighted by Crippen LogP contribution is -2.33. The molecule has 0 atom stereocenters. The van der Waals surface area contributed by atoms with E-state index >= 15 is 0 Å². The number of benzene rings is 2. The molecule has 0 N–H and O–H groups in total. The Hall–Kier alpha value is -0.740. The highest BCUT2D eigenvalue weighted by Gasteiger charge is 2.30. The summed E-state index contributed by atoms with van der Waals surface area (Å²) in [5, 5.41) is 1.32. The van der Waals surface area contributed by atoms with E-state index in [9.17, 15) is 8.78 Å². The van der Waals surface area contributed by atoms with E-state index in [1.165, 1.54) is 18.2 Å². The van der Waals surface area contributed by atoms with Crippen LogP contribution in [0.5, 0.6) is 0 Å². The first kappa shape index (κ1) is 15.6. The molecule has 0 aliphatic carbocycles. The van der Waals surface area contributed by atoms with Crippen LogP contribution in [0.3, 0.4) is 0 Å². The van der Waals surface area contributed by atoms with Crippen molar-refractivity contribution in [3.05, 3.63) is 71.3 Å². The molecule has 2 aromatic rings. The SMILES string of the molecule is Fc1cccc(CC(CBr)(CBr)c2cccc(F)c2)c1. The van der Waals surface area contributed by atoms with Gasteiger partial charge in [0.15, 0.2) is 0 Å². The summed E-state index contributed by atoms with van der Waals surface area (Å²) in [5.74, 6) is -0.507. The highest BCUT2D eigenvalue weighted by molar-refractivity contribution is 9.09. The zero-order valence-electron chi connectivity index (χ0n) is 10.8. The molecule has 4 heteroatoms. The van der Waals surface area contributed by atoms with Gasteiger partial charge in [-0.2, -0.15) is 0 Å². The summed E-state index contributed by atoms with van der Waals surface area (Å²) in [5.41, 5.74) is 1.49. The molecule has 2 rings (SSSR count). The predicted octanol–water partition coefficient (Wildman–Crippen LogP) is 5.24. The van der Waals surface area contributed by atoms with Gasteiger partial charge >= 0.3 is 0 Å². The highest BCUT2D eigenvalue weighted by atomic mass is 79.9. The first-order valence-corrected chi connectivity index (χ1v) is 8.46. The fourth-order valence-electron chi connectivity index (χ4n) is 2.24. The highest BCUT2D eigenvalue weighted by Crippen LogP contribution is 2.33. The molecule has 0 nitrogen and oxygen atoms in total. The molecule has 0 bridgehead atoms. The Kier molecular flexibility index (Phi) is 5.33. The van der Waals surface area contributed by atoms with Crippen LogP contribution < -0.4 is 0 Å². The van der Waals surface area contributed by atoms with E-state index in [-0.39, 0.29) is 17.0 Å². The quantitative estimate of drug-likeness (QED) is 0.599. The summed E-state index contributed by atoms with van der Waals surface area (Å²) in [4.78, 5) is 0. The summed E-state index contributed by atoms with van der Waals surface area (Å²) in [6.45, 7) is 0. The zero-order valence-corrected chi connectivity index (χ0v) is 13.9. The maximum absolute atomic E-state index is 13.5. The second-order valence-electron chi connectivity index (χ2n) is 4.86. The number of hydrogen-bond acceptors (Lipinski definition) is 0. The molecule has 20 heavy (non-hydrogen) atoms. The molecule has 0 aliphatic heterocycles. The Morgan fingerprint density at radius 1 is 0.850 bits per heavy atom. The molecule has 0 saturated heterocycles. The summed E-state index contributed by atoms with van der Waals surface area (Å²) >= 11 is 7.05. The van der Waals surface area contributed by atoms with Gasteiger partial charge in [0.25, 0.3) is 0 Å². The van der Waals surface area contributed by atoms with Crippen LogP contribution in [0.2, 0.25) is 0 Å². The van der Waals surface area contributed by atoms with Crippen molar-refractivity contribution in [2.75, 3.05) is 10.7 Å². The molecule has 0 unspecified atom stereocenters. The molecule has 0 heterocycles. The molecule has 0 spiro atoms. The molecule has 2 aromatic carbocycles. The van der Waals surface area contributed by atoms with E-state index < -0.39 is 0 Å². The van der Waals surface area contributed by atoms with Gasteiger partial charge in [-0.15, -0.1) is 0 Å². The Labute approximate surface area is 134 Å². The smallest absolute Gasteiger partial charge is 0.123 e. The standard InChI is InChI=1S/C16H14Br2F2/c17-10-16(11-18,13-4-2-6-15(20)8-13)9-12-3-1-5-14(19)7-12/h1-8H,9-11H2. The minimum absolute atomic E-state index is 0.250. The van der Waals surface area contributed by atoms with Gasteiger partial charge in [-0.3, -0.25) is 0 Å². The Morgan fingerprint density at radius 3 is 2.00 bits per heavy atom. The van der Waals surface area contributed by atoms with Crippen LogP contribution >= 0.6 is 31.9 Å². The molecule has 0 radical (unpaired) electrons. The molecule has 0 aliphatic rings. The summed E-state index contributed by atoms with van der Waals surface area (Å²) < 4.78 is 26.8. The van der Waals surface area contributed by atoms with Gasteiger partial charge in [0.1, 0.15) is 11.6 Å². The number of rotatable bonds is 5. The molecule has 0 amide bonds. The molecule has 106 valence electrons.